The molecular weight excluding hydrogens is 316 g/mol. The number of ether oxygens (including phenoxy) is 1. The number of rotatable bonds is 7. The first kappa shape index (κ1) is 17.6. The van der Waals surface area contributed by atoms with Crippen LogP contribution in [0.1, 0.15) is 19.3 Å². The van der Waals surface area contributed by atoms with E-state index in [9.17, 15) is 13.2 Å². The van der Waals surface area contributed by atoms with Crippen molar-refractivity contribution in [1.82, 2.24) is 10.2 Å². The number of nitrogens with one attached hydrogen (secondary N) is 1. The van der Waals surface area contributed by atoms with Crippen LogP contribution in [0.25, 0.3) is 0 Å². The average Bonchev–Trinajstić information content (AvgIpc) is 2.90. The van der Waals surface area contributed by atoms with Crippen molar-refractivity contribution in [3.05, 3.63) is 30.3 Å². The summed E-state index contributed by atoms with van der Waals surface area (Å²) in [5.74, 6) is 1.09. The van der Waals surface area contributed by atoms with Gasteiger partial charge in [-0.25, -0.2) is 13.2 Å². The lowest BCUT2D eigenvalue weighted by Crippen LogP contribution is -2.44. The van der Waals surface area contributed by atoms with Crippen LogP contribution in [0, 0.1) is 0 Å². The first-order chi connectivity index (χ1) is 11.0. The van der Waals surface area contributed by atoms with E-state index >= 15 is 0 Å². The van der Waals surface area contributed by atoms with Crippen LogP contribution in [0.4, 0.5) is 4.79 Å². The quantitative estimate of drug-likeness (QED) is 0.766. The lowest BCUT2D eigenvalue weighted by atomic mass is 10.2. The van der Waals surface area contributed by atoms with E-state index in [1.165, 1.54) is 4.90 Å². The Bertz CT molecular complexity index is 604. The number of amides is 2. The van der Waals surface area contributed by atoms with Gasteiger partial charge in [0.05, 0.1) is 18.1 Å². The minimum atomic E-state index is -2.97. The third-order valence-electron chi connectivity index (χ3n) is 3.94. The second-order valence-electron chi connectivity index (χ2n) is 5.77. The molecule has 128 valence electrons. The summed E-state index contributed by atoms with van der Waals surface area (Å²) < 4.78 is 28.5. The molecule has 2 amide bonds. The molecule has 1 heterocycles. The van der Waals surface area contributed by atoms with E-state index in [-0.39, 0.29) is 23.6 Å². The third kappa shape index (κ3) is 5.74. The van der Waals surface area contributed by atoms with Gasteiger partial charge in [-0.15, -0.1) is 0 Å². The molecule has 1 aromatic carbocycles. The summed E-state index contributed by atoms with van der Waals surface area (Å²) in [6.45, 7) is 1.16. The molecule has 0 unspecified atom stereocenters. The number of nitrogens with zero attached hydrogens (tertiary/aromatic N) is 1. The standard InChI is InChI=1S/C16H24N2O4S/c1-18(14-9-12-23(20,21)13-14)16(19)17-10-5-6-11-22-15-7-3-2-4-8-15/h2-4,7-8,14H,5-6,9-13H2,1H3,(H,17,19)/t14-/m0/s1. The maximum absolute atomic E-state index is 12.0. The first-order valence-electron chi connectivity index (χ1n) is 7.87. The van der Waals surface area contributed by atoms with E-state index in [0.29, 0.717) is 19.6 Å². The third-order valence-corrected chi connectivity index (χ3v) is 5.69. The Morgan fingerprint density at radius 3 is 2.70 bits per heavy atom. The zero-order valence-electron chi connectivity index (χ0n) is 13.4. The summed E-state index contributed by atoms with van der Waals surface area (Å²) in [5.41, 5.74) is 0. The van der Waals surface area contributed by atoms with Crippen LogP contribution in [0.15, 0.2) is 30.3 Å². The lowest BCUT2D eigenvalue weighted by Gasteiger charge is -2.23. The zero-order chi connectivity index (χ0) is 16.7. The average molecular weight is 340 g/mol. The van der Waals surface area contributed by atoms with Crippen LogP contribution < -0.4 is 10.1 Å². The fraction of sp³-hybridized carbons (Fsp3) is 0.562. The predicted octanol–water partition coefficient (Wildman–Crippen LogP) is 1.67. The molecule has 0 bridgehead atoms. The molecule has 1 fully saturated rings. The van der Waals surface area contributed by atoms with Crippen LogP contribution in [-0.4, -0.2) is 57.1 Å². The molecule has 23 heavy (non-hydrogen) atoms. The minimum absolute atomic E-state index is 0.0713. The Labute approximate surface area is 137 Å². The fourth-order valence-electron chi connectivity index (χ4n) is 2.50. The van der Waals surface area contributed by atoms with Crippen LogP contribution in [0.5, 0.6) is 5.75 Å². The van der Waals surface area contributed by atoms with E-state index < -0.39 is 9.84 Å². The normalized spacial score (nSPS) is 19.3. The molecule has 0 spiro atoms. The van der Waals surface area contributed by atoms with Crippen molar-refractivity contribution in [2.75, 3.05) is 31.7 Å². The first-order valence-corrected chi connectivity index (χ1v) is 9.69. The molecule has 1 aliphatic rings. The Kier molecular flexibility index (Phi) is 6.27. The van der Waals surface area contributed by atoms with E-state index in [4.69, 9.17) is 4.74 Å². The predicted molar refractivity (Wildman–Crippen MR) is 89.4 cm³/mol. The van der Waals surface area contributed by atoms with Gasteiger partial charge < -0.3 is 15.0 Å². The van der Waals surface area contributed by atoms with Crippen LogP contribution >= 0.6 is 0 Å². The molecule has 0 aromatic heterocycles. The number of urea groups is 1. The zero-order valence-corrected chi connectivity index (χ0v) is 14.2. The van der Waals surface area contributed by atoms with Crippen molar-refractivity contribution in [2.45, 2.75) is 25.3 Å². The topological polar surface area (TPSA) is 75.7 Å². The molecule has 0 saturated carbocycles. The molecule has 1 atom stereocenters. The summed E-state index contributed by atoms with van der Waals surface area (Å²) in [4.78, 5) is 13.5. The van der Waals surface area contributed by atoms with Crippen molar-refractivity contribution in [2.24, 2.45) is 0 Å². The Hall–Kier alpha value is -1.76. The van der Waals surface area contributed by atoms with Gasteiger partial charge in [-0.2, -0.15) is 0 Å². The van der Waals surface area contributed by atoms with Gasteiger partial charge in [-0.05, 0) is 31.4 Å². The number of carbonyl (C=O) groups is 1. The summed E-state index contributed by atoms with van der Waals surface area (Å²) in [6.07, 6.45) is 2.18. The van der Waals surface area contributed by atoms with Gasteiger partial charge in [-0.3, -0.25) is 0 Å². The van der Waals surface area contributed by atoms with Crippen molar-refractivity contribution in [1.29, 1.82) is 0 Å². The van der Waals surface area contributed by atoms with Crippen molar-refractivity contribution < 1.29 is 17.9 Å². The number of carbonyl (C=O) groups excluding carboxylic acids is 1. The second kappa shape index (κ2) is 8.19. The molecule has 6 nitrogen and oxygen atoms in total. The summed E-state index contributed by atoms with van der Waals surface area (Å²) in [6, 6.07) is 9.19. The van der Waals surface area contributed by atoms with Gasteiger partial charge in [0.1, 0.15) is 5.75 Å². The van der Waals surface area contributed by atoms with Gasteiger partial charge in [-0.1, -0.05) is 18.2 Å². The Balaban J connectivity index is 1.58. The monoisotopic (exact) mass is 340 g/mol. The van der Waals surface area contributed by atoms with Gasteiger partial charge in [0.25, 0.3) is 0 Å². The van der Waals surface area contributed by atoms with Gasteiger partial charge in [0.15, 0.2) is 9.84 Å². The van der Waals surface area contributed by atoms with Crippen LogP contribution in [-0.2, 0) is 9.84 Å². The molecule has 1 aromatic rings. The number of para-hydroxylation sites is 1. The summed E-state index contributed by atoms with van der Waals surface area (Å²) >= 11 is 0. The molecule has 0 radical (unpaired) electrons. The smallest absolute Gasteiger partial charge is 0.317 e. The van der Waals surface area contributed by atoms with E-state index in [0.717, 1.165) is 18.6 Å². The van der Waals surface area contributed by atoms with Crippen LogP contribution in [0.3, 0.4) is 0 Å². The number of hydrogen-bond donors (Lipinski definition) is 1. The molecular formula is C16H24N2O4S. The highest BCUT2D eigenvalue weighted by Crippen LogP contribution is 2.16. The molecule has 1 saturated heterocycles. The number of sulfone groups is 1. The molecule has 7 heteroatoms. The van der Waals surface area contributed by atoms with Gasteiger partial charge >= 0.3 is 6.03 Å². The second-order valence-corrected chi connectivity index (χ2v) is 8.00. The maximum atomic E-state index is 12.0. The minimum Gasteiger partial charge on any atom is -0.494 e. The van der Waals surface area contributed by atoms with Crippen molar-refractivity contribution in [3.63, 3.8) is 0 Å². The number of unbranched alkanes of at least 4 members (excludes halogenated alkanes) is 1. The van der Waals surface area contributed by atoms with Gasteiger partial charge in [0.2, 0.25) is 0 Å². The molecule has 0 aliphatic carbocycles. The molecule has 2 rings (SSSR count). The van der Waals surface area contributed by atoms with Crippen molar-refractivity contribution in [3.8, 4) is 5.75 Å². The Morgan fingerprint density at radius 2 is 2.04 bits per heavy atom. The molecule has 1 aliphatic heterocycles. The highest BCUT2D eigenvalue weighted by molar-refractivity contribution is 7.91. The molecule has 1 N–H and O–H groups in total. The van der Waals surface area contributed by atoms with E-state index in [1.54, 1.807) is 7.05 Å². The highest BCUT2D eigenvalue weighted by Gasteiger charge is 2.32. The summed E-state index contributed by atoms with van der Waals surface area (Å²) in [5, 5.41) is 2.82. The maximum Gasteiger partial charge on any atom is 0.317 e. The largest absolute Gasteiger partial charge is 0.494 e. The Morgan fingerprint density at radius 1 is 1.30 bits per heavy atom. The number of hydrogen-bond acceptors (Lipinski definition) is 4. The lowest BCUT2D eigenvalue weighted by molar-refractivity contribution is 0.194. The van der Waals surface area contributed by atoms with Gasteiger partial charge in [0, 0.05) is 19.6 Å². The van der Waals surface area contributed by atoms with E-state index in [2.05, 4.69) is 5.32 Å². The van der Waals surface area contributed by atoms with Crippen LogP contribution in [0.2, 0.25) is 0 Å². The van der Waals surface area contributed by atoms with Crippen molar-refractivity contribution >= 4 is 15.9 Å². The fourth-order valence-corrected chi connectivity index (χ4v) is 4.27. The SMILES string of the molecule is CN(C(=O)NCCCCOc1ccccc1)[C@H]1CCS(=O)(=O)C1. The highest BCUT2D eigenvalue weighted by atomic mass is 32.2. The van der Waals surface area contributed by atoms with E-state index in [1.807, 2.05) is 30.3 Å². The summed E-state index contributed by atoms with van der Waals surface area (Å²) in [7, 11) is -1.32. The number of benzene rings is 1.